The Kier molecular flexibility index (Phi) is 17.2. The SMILES string of the molecule is COC(=O)[C@H](Cc1ccccc1)NC(=O)[C@H](CCCCNC(=O)OCc1ccccc1)NC(=O)[C@H](CCSC)NC(=O)OC(C)(C)C. The number of unbranched alkanes of at least 4 members (excludes halogenated alkanes) is 1. The second-order valence-electron chi connectivity index (χ2n) is 11.8. The summed E-state index contributed by atoms with van der Waals surface area (Å²) in [4.78, 5) is 64.3. The molecule has 2 rings (SSSR count). The van der Waals surface area contributed by atoms with E-state index < -0.39 is 53.7 Å². The highest BCUT2D eigenvalue weighted by molar-refractivity contribution is 7.98. The van der Waals surface area contributed by atoms with E-state index in [-0.39, 0.29) is 26.0 Å². The van der Waals surface area contributed by atoms with Crippen molar-refractivity contribution in [1.82, 2.24) is 21.3 Å². The van der Waals surface area contributed by atoms with Crippen LogP contribution in [0.1, 0.15) is 57.6 Å². The highest BCUT2D eigenvalue weighted by Gasteiger charge is 2.30. The van der Waals surface area contributed by atoms with Crippen LogP contribution in [0.5, 0.6) is 0 Å². The van der Waals surface area contributed by atoms with Crippen molar-refractivity contribution < 1.29 is 38.2 Å². The summed E-state index contributed by atoms with van der Waals surface area (Å²) in [5, 5.41) is 10.8. The van der Waals surface area contributed by atoms with Crippen LogP contribution in [0.4, 0.5) is 9.59 Å². The Morgan fingerprint density at radius 1 is 0.745 bits per heavy atom. The van der Waals surface area contributed by atoms with Gasteiger partial charge in [0.15, 0.2) is 0 Å². The molecule has 0 aliphatic heterocycles. The number of esters is 1. The van der Waals surface area contributed by atoms with Crippen LogP contribution in [0.3, 0.4) is 0 Å². The molecule has 3 atom stereocenters. The molecule has 0 aliphatic carbocycles. The molecule has 2 aromatic rings. The molecule has 258 valence electrons. The van der Waals surface area contributed by atoms with Gasteiger partial charge in [-0.2, -0.15) is 11.8 Å². The summed E-state index contributed by atoms with van der Waals surface area (Å²) in [6.07, 6.45) is 2.16. The van der Waals surface area contributed by atoms with Gasteiger partial charge in [0.25, 0.3) is 0 Å². The Labute approximate surface area is 281 Å². The first-order chi connectivity index (χ1) is 22.4. The minimum absolute atomic E-state index is 0.139. The zero-order chi connectivity index (χ0) is 34.7. The van der Waals surface area contributed by atoms with Crippen LogP contribution in [0.2, 0.25) is 0 Å². The maximum Gasteiger partial charge on any atom is 0.408 e. The van der Waals surface area contributed by atoms with Crippen molar-refractivity contribution in [3.63, 3.8) is 0 Å². The van der Waals surface area contributed by atoms with E-state index in [4.69, 9.17) is 14.2 Å². The number of carbonyl (C=O) groups is 5. The molecule has 0 heterocycles. The zero-order valence-corrected chi connectivity index (χ0v) is 28.7. The Bertz CT molecular complexity index is 1270. The van der Waals surface area contributed by atoms with Crippen LogP contribution >= 0.6 is 11.8 Å². The number of alkyl carbamates (subject to hydrolysis) is 2. The van der Waals surface area contributed by atoms with Gasteiger partial charge in [0, 0.05) is 13.0 Å². The monoisotopic (exact) mass is 672 g/mol. The number of ether oxygens (including phenoxy) is 3. The fraction of sp³-hybridized carbons (Fsp3) is 0.500. The van der Waals surface area contributed by atoms with Crippen LogP contribution in [0.25, 0.3) is 0 Å². The lowest BCUT2D eigenvalue weighted by Gasteiger charge is -2.26. The second-order valence-corrected chi connectivity index (χ2v) is 12.8. The van der Waals surface area contributed by atoms with Crippen LogP contribution in [0, 0.1) is 0 Å². The third kappa shape index (κ3) is 16.2. The van der Waals surface area contributed by atoms with Crippen molar-refractivity contribution in [3.8, 4) is 0 Å². The van der Waals surface area contributed by atoms with Gasteiger partial charge in [-0.25, -0.2) is 14.4 Å². The van der Waals surface area contributed by atoms with E-state index in [2.05, 4.69) is 21.3 Å². The lowest BCUT2D eigenvalue weighted by Crippen LogP contribution is -2.56. The van der Waals surface area contributed by atoms with Crippen molar-refractivity contribution in [1.29, 1.82) is 0 Å². The first kappa shape index (κ1) is 38.9. The molecule has 4 amide bonds. The normalized spacial score (nSPS) is 12.9. The molecule has 13 heteroatoms. The molecular formula is C34H48N4O8S. The minimum atomic E-state index is -1.05. The van der Waals surface area contributed by atoms with E-state index >= 15 is 0 Å². The van der Waals surface area contributed by atoms with E-state index in [0.29, 0.717) is 25.0 Å². The van der Waals surface area contributed by atoms with Crippen LogP contribution in [0.15, 0.2) is 60.7 Å². The largest absolute Gasteiger partial charge is 0.467 e. The predicted molar refractivity (Wildman–Crippen MR) is 181 cm³/mol. The van der Waals surface area contributed by atoms with E-state index in [1.54, 1.807) is 20.8 Å². The molecule has 0 unspecified atom stereocenters. The van der Waals surface area contributed by atoms with E-state index in [9.17, 15) is 24.0 Å². The number of nitrogens with one attached hydrogen (secondary N) is 4. The van der Waals surface area contributed by atoms with Crippen LogP contribution in [-0.4, -0.2) is 79.4 Å². The average molecular weight is 673 g/mol. The van der Waals surface area contributed by atoms with Gasteiger partial charge in [-0.15, -0.1) is 0 Å². The topological polar surface area (TPSA) is 161 Å². The lowest BCUT2D eigenvalue weighted by atomic mass is 10.0. The highest BCUT2D eigenvalue weighted by atomic mass is 32.2. The Hall–Kier alpha value is -4.26. The van der Waals surface area contributed by atoms with Gasteiger partial charge in [-0.05, 0) is 69.6 Å². The number of thioether (sulfide) groups is 1. The van der Waals surface area contributed by atoms with Crippen LogP contribution in [-0.2, 0) is 41.6 Å². The third-order valence-electron chi connectivity index (χ3n) is 6.74. The van der Waals surface area contributed by atoms with Gasteiger partial charge in [0.05, 0.1) is 7.11 Å². The Morgan fingerprint density at radius 3 is 1.89 bits per heavy atom. The van der Waals surface area contributed by atoms with Gasteiger partial charge in [-0.1, -0.05) is 60.7 Å². The number of amides is 4. The summed E-state index contributed by atoms with van der Waals surface area (Å²) in [7, 11) is 1.24. The molecular weight excluding hydrogens is 624 g/mol. The maximum atomic E-state index is 13.6. The fourth-order valence-electron chi connectivity index (χ4n) is 4.39. The number of rotatable bonds is 18. The molecule has 12 nitrogen and oxygen atoms in total. The summed E-state index contributed by atoms with van der Waals surface area (Å²) in [5.74, 6) is -1.21. The Balaban J connectivity index is 2.09. The average Bonchev–Trinajstić information content (AvgIpc) is 3.04. The maximum absolute atomic E-state index is 13.6. The number of methoxy groups -OCH3 is 1. The van der Waals surface area contributed by atoms with Gasteiger partial charge in [0.2, 0.25) is 11.8 Å². The van der Waals surface area contributed by atoms with Crippen LogP contribution < -0.4 is 21.3 Å². The predicted octanol–water partition coefficient (Wildman–Crippen LogP) is 4.11. The number of benzene rings is 2. The quantitative estimate of drug-likeness (QED) is 0.104. The summed E-state index contributed by atoms with van der Waals surface area (Å²) in [6, 6.07) is 15.4. The fourth-order valence-corrected chi connectivity index (χ4v) is 4.86. The van der Waals surface area contributed by atoms with E-state index in [1.807, 2.05) is 66.9 Å². The first-order valence-corrected chi connectivity index (χ1v) is 17.0. The number of hydrogen-bond donors (Lipinski definition) is 4. The van der Waals surface area contributed by atoms with Gasteiger partial charge >= 0.3 is 18.2 Å². The number of carbonyl (C=O) groups excluding carboxylic acids is 5. The van der Waals surface area contributed by atoms with Crippen molar-refractivity contribution in [3.05, 3.63) is 71.8 Å². The summed E-state index contributed by atoms with van der Waals surface area (Å²) in [6.45, 7) is 5.57. The minimum Gasteiger partial charge on any atom is -0.467 e. The molecule has 47 heavy (non-hydrogen) atoms. The van der Waals surface area contributed by atoms with Gasteiger partial charge < -0.3 is 35.5 Å². The summed E-state index contributed by atoms with van der Waals surface area (Å²) >= 11 is 1.50. The lowest BCUT2D eigenvalue weighted by molar-refractivity contribution is -0.145. The van der Waals surface area contributed by atoms with Gasteiger partial charge in [-0.3, -0.25) is 9.59 Å². The third-order valence-corrected chi connectivity index (χ3v) is 7.38. The van der Waals surface area contributed by atoms with Gasteiger partial charge in [0.1, 0.15) is 30.3 Å². The van der Waals surface area contributed by atoms with Crippen molar-refractivity contribution >= 4 is 41.7 Å². The van der Waals surface area contributed by atoms with E-state index in [0.717, 1.165) is 11.1 Å². The van der Waals surface area contributed by atoms with Crippen molar-refractivity contribution in [2.24, 2.45) is 0 Å². The summed E-state index contributed by atoms with van der Waals surface area (Å²) in [5.41, 5.74) is 0.908. The molecule has 4 N–H and O–H groups in total. The van der Waals surface area contributed by atoms with E-state index in [1.165, 1.54) is 18.9 Å². The Morgan fingerprint density at radius 2 is 1.32 bits per heavy atom. The standard InChI is InChI=1S/C34H48N4O8S/c1-34(2,3)46-33(43)38-27(19-21-47-5)30(40)36-26(18-12-13-20-35-32(42)45-23-25-16-10-7-11-17-25)29(39)37-28(31(41)44-4)22-24-14-8-6-9-15-24/h6-11,14-17,26-28H,12-13,18-23H2,1-5H3,(H,35,42)(H,36,40)(H,37,39)(H,38,43)/t26-,27-,28-/m0/s1. The number of hydrogen-bond acceptors (Lipinski definition) is 9. The summed E-state index contributed by atoms with van der Waals surface area (Å²) < 4.78 is 15.5. The first-order valence-electron chi connectivity index (χ1n) is 15.6. The molecule has 0 aliphatic rings. The molecule has 2 aromatic carbocycles. The smallest absolute Gasteiger partial charge is 0.408 e. The molecule has 0 spiro atoms. The molecule has 0 saturated heterocycles. The second kappa shape index (κ2) is 20.8. The molecule has 0 saturated carbocycles. The molecule has 0 bridgehead atoms. The van der Waals surface area contributed by atoms with Crippen molar-refractivity contribution in [2.45, 2.75) is 83.2 Å². The highest BCUT2D eigenvalue weighted by Crippen LogP contribution is 2.11. The zero-order valence-electron chi connectivity index (χ0n) is 27.8. The molecule has 0 fully saturated rings. The molecule has 0 aromatic heterocycles. The molecule has 0 radical (unpaired) electrons. The van der Waals surface area contributed by atoms with Crippen molar-refractivity contribution in [2.75, 3.05) is 25.7 Å².